The van der Waals surface area contributed by atoms with Gasteiger partial charge < -0.3 is 9.80 Å². The SMILES string of the molecule is C[N+]12CCCC[C@@H]1CC(=O)NCC2. The van der Waals surface area contributed by atoms with Crippen LogP contribution in [0.2, 0.25) is 0 Å². The molecule has 74 valence electrons. The minimum absolute atomic E-state index is 0.258. The van der Waals surface area contributed by atoms with Crippen molar-refractivity contribution in [3.63, 3.8) is 0 Å². The van der Waals surface area contributed by atoms with E-state index in [1.165, 1.54) is 25.8 Å². The lowest BCUT2D eigenvalue weighted by molar-refractivity contribution is -0.935. The van der Waals surface area contributed by atoms with E-state index in [0.717, 1.165) is 24.0 Å². The van der Waals surface area contributed by atoms with Gasteiger partial charge in [0.2, 0.25) is 5.91 Å². The Morgan fingerprint density at radius 2 is 2.23 bits per heavy atom. The van der Waals surface area contributed by atoms with Crippen LogP contribution in [0.1, 0.15) is 25.7 Å². The maximum absolute atomic E-state index is 11.4. The summed E-state index contributed by atoms with van der Waals surface area (Å²) in [6, 6.07) is 0.594. The third kappa shape index (κ3) is 1.70. The molecule has 2 aliphatic rings. The van der Waals surface area contributed by atoms with Crippen molar-refractivity contribution in [2.45, 2.75) is 31.7 Å². The number of hydrogen-bond acceptors (Lipinski definition) is 1. The highest BCUT2D eigenvalue weighted by Gasteiger charge is 2.38. The van der Waals surface area contributed by atoms with E-state index in [2.05, 4.69) is 12.4 Å². The molecule has 3 nitrogen and oxygen atoms in total. The lowest BCUT2D eigenvalue weighted by Crippen LogP contribution is -2.55. The Kier molecular flexibility index (Phi) is 2.28. The average Bonchev–Trinajstić information content (AvgIpc) is 2.23. The summed E-state index contributed by atoms with van der Waals surface area (Å²) in [6.07, 6.45) is 4.63. The number of piperidine rings is 1. The summed E-state index contributed by atoms with van der Waals surface area (Å²) < 4.78 is 1.12. The zero-order chi connectivity index (χ0) is 9.31. The van der Waals surface area contributed by atoms with Crippen molar-refractivity contribution >= 4 is 5.91 Å². The second-order valence-corrected chi connectivity index (χ2v) is 4.63. The summed E-state index contributed by atoms with van der Waals surface area (Å²) in [5, 5.41) is 2.97. The molecule has 0 spiro atoms. The maximum atomic E-state index is 11.4. The van der Waals surface area contributed by atoms with Gasteiger partial charge in [-0.3, -0.25) is 4.79 Å². The Labute approximate surface area is 79.7 Å². The third-order valence-electron chi connectivity index (χ3n) is 3.70. The predicted octanol–water partition coefficient (Wildman–Crippen LogP) is 0.505. The second kappa shape index (κ2) is 3.29. The van der Waals surface area contributed by atoms with Gasteiger partial charge in [-0.15, -0.1) is 0 Å². The Morgan fingerprint density at radius 3 is 3.08 bits per heavy atom. The van der Waals surface area contributed by atoms with E-state index in [-0.39, 0.29) is 5.91 Å². The highest BCUT2D eigenvalue weighted by molar-refractivity contribution is 5.76. The molecular formula is C10H19N2O+. The number of carbonyl (C=O) groups excluding carboxylic acids is 1. The summed E-state index contributed by atoms with van der Waals surface area (Å²) in [5.41, 5.74) is 0. The van der Waals surface area contributed by atoms with E-state index in [1.807, 2.05) is 0 Å². The molecule has 0 aromatic carbocycles. The van der Waals surface area contributed by atoms with Crippen LogP contribution in [0, 0.1) is 0 Å². The topological polar surface area (TPSA) is 29.1 Å². The fourth-order valence-electron chi connectivity index (χ4n) is 2.70. The quantitative estimate of drug-likeness (QED) is 0.545. The maximum Gasteiger partial charge on any atom is 0.226 e. The molecule has 2 atom stereocenters. The van der Waals surface area contributed by atoms with Gasteiger partial charge in [0, 0.05) is 6.42 Å². The van der Waals surface area contributed by atoms with Crippen LogP contribution in [0.25, 0.3) is 0 Å². The molecule has 0 saturated carbocycles. The van der Waals surface area contributed by atoms with Crippen molar-refractivity contribution < 1.29 is 9.28 Å². The van der Waals surface area contributed by atoms with Gasteiger partial charge in [-0.2, -0.15) is 0 Å². The highest BCUT2D eigenvalue weighted by Crippen LogP contribution is 2.26. The average molecular weight is 183 g/mol. The van der Waals surface area contributed by atoms with Crippen molar-refractivity contribution in [2.75, 3.05) is 26.7 Å². The molecule has 0 radical (unpaired) electrons. The van der Waals surface area contributed by atoms with E-state index in [0.29, 0.717) is 6.04 Å². The predicted molar refractivity (Wildman–Crippen MR) is 51.2 cm³/mol. The van der Waals surface area contributed by atoms with Gasteiger partial charge in [0.1, 0.15) is 0 Å². The third-order valence-corrected chi connectivity index (χ3v) is 3.70. The van der Waals surface area contributed by atoms with Gasteiger partial charge in [-0.05, 0) is 12.8 Å². The second-order valence-electron chi connectivity index (χ2n) is 4.63. The molecular weight excluding hydrogens is 164 g/mol. The zero-order valence-electron chi connectivity index (χ0n) is 8.38. The first kappa shape index (κ1) is 9.00. The Bertz CT molecular complexity index is 217. The van der Waals surface area contributed by atoms with Gasteiger partial charge in [-0.1, -0.05) is 0 Å². The fraction of sp³-hybridized carbons (Fsp3) is 0.900. The number of carbonyl (C=O) groups is 1. The molecule has 1 unspecified atom stereocenters. The molecule has 2 aliphatic heterocycles. The van der Waals surface area contributed by atoms with Gasteiger partial charge >= 0.3 is 0 Å². The highest BCUT2D eigenvalue weighted by atomic mass is 16.1. The number of hydrogen-bond donors (Lipinski definition) is 1. The molecule has 2 rings (SSSR count). The molecule has 3 heteroatoms. The Morgan fingerprint density at radius 1 is 1.38 bits per heavy atom. The lowest BCUT2D eigenvalue weighted by Gasteiger charge is -2.43. The molecule has 0 aromatic rings. The summed E-state index contributed by atoms with van der Waals surface area (Å²) in [6.45, 7) is 3.25. The molecule has 1 amide bonds. The summed E-state index contributed by atoms with van der Waals surface area (Å²) in [5.74, 6) is 0.258. The number of amides is 1. The largest absolute Gasteiger partial charge is 0.350 e. The number of fused-ring (bicyclic) bond motifs is 1. The van der Waals surface area contributed by atoms with Crippen molar-refractivity contribution in [3.8, 4) is 0 Å². The van der Waals surface area contributed by atoms with Gasteiger partial charge in [0.25, 0.3) is 0 Å². The molecule has 0 aliphatic carbocycles. The number of likely N-dealkylation sites (N-methyl/N-ethyl adjacent to an activating group) is 1. The first-order valence-corrected chi connectivity index (χ1v) is 5.32. The van der Waals surface area contributed by atoms with Crippen LogP contribution in [0.4, 0.5) is 0 Å². The fourth-order valence-corrected chi connectivity index (χ4v) is 2.70. The van der Waals surface area contributed by atoms with E-state index >= 15 is 0 Å². The first-order chi connectivity index (χ1) is 6.21. The zero-order valence-corrected chi connectivity index (χ0v) is 8.38. The van der Waals surface area contributed by atoms with Crippen molar-refractivity contribution in [3.05, 3.63) is 0 Å². The molecule has 2 saturated heterocycles. The van der Waals surface area contributed by atoms with Crippen molar-refractivity contribution in [2.24, 2.45) is 0 Å². The molecule has 1 N–H and O–H groups in total. The normalized spacial score (nSPS) is 40.4. The van der Waals surface area contributed by atoms with E-state index in [4.69, 9.17) is 0 Å². The lowest BCUT2D eigenvalue weighted by atomic mass is 9.97. The first-order valence-electron chi connectivity index (χ1n) is 5.32. The molecule has 13 heavy (non-hydrogen) atoms. The summed E-state index contributed by atoms with van der Waals surface area (Å²) in [7, 11) is 2.31. The summed E-state index contributed by atoms with van der Waals surface area (Å²) in [4.78, 5) is 11.4. The van der Waals surface area contributed by atoms with Gasteiger partial charge in [0.05, 0.1) is 39.1 Å². The molecule has 2 fully saturated rings. The van der Waals surface area contributed by atoms with Crippen molar-refractivity contribution in [1.82, 2.24) is 5.32 Å². The van der Waals surface area contributed by atoms with Crippen LogP contribution < -0.4 is 5.32 Å². The van der Waals surface area contributed by atoms with Gasteiger partial charge in [-0.25, -0.2) is 0 Å². The van der Waals surface area contributed by atoms with Crippen LogP contribution in [-0.2, 0) is 4.79 Å². The number of nitrogens with one attached hydrogen (secondary N) is 1. The Balaban J connectivity index is 2.13. The van der Waals surface area contributed by atoms with Crippen LogP contribution in [0.3, 0.4) is 0 Å². The smallest absolute Gasteiger partial charge is 0.226 e. The van der Waals surface area contributed by atoms with Gasteiger partial charge in [0.15, 0.2) is 0 Å². The van der Waals surface area contributed by atoms with Crippen LogP contribution in [0.15, 0.2) is 0 Å². The molecule has 0 bridgehead atoms. The minimum atomic E-state index is 0.258. The molecule has 0 aromatic heterocycles. The monoisotopic (exact) mass is 183 g/mol. The number of rotatable bonds is 0. The van der Waals surface area contributed by atoms with Crippen molar-refractivity contribution in [1.29, 1.82) is 0 Å². The number of quaternary nitrogens is 1. The summed E-state index contributed by atoms with van der Waals surface area (Å²) >= 11 is 0. The Hall–Kier alpha value is -0.570. The van der Waals surface area contributed by atoms with Crippen LogP contribution in [-0.4, -0.2) is 43.1 Å². The molecule has 2 heterocycles. The van der Waals surface area contributed by atoms with E-state index in [1.54, 1.807) is 0 Å². The number of nitrogens with zero attached hydrogens (tertiary/aromatic N) is 1. The van der Waals surface area contributed by atoms with Crippen LogP contribution in [0.5, 0.6) is 0 Å². The minimum Gasteiger partial charge on any atom is -0.350 e. The standard InChI is InChI=1S/C10H18N2O/c1-12-6-3-2-4-9(12)8-10(13)11-5-7-12/h9H,2-8H2,1H3/p+1/t9-,12?/m1/s1. The van der Waals surface area contributed by atoms with E-state index < -0.39 is 0 Å². The van der Waals surface area contributed by atoms with Crippen LogP contribution >= 0.6 is 0 Å². The van der Waals surface area contributed by atoms with E-state index in [9.17, 15) is 4.79 Å².